The van der Waals surface area contributed by atoms with Gasteiger partial charge in [0, 0.05) is 16.9 Å². The molecule has 1 aliphatic rings. The minimum atomic E-state index is -0.696. The van der Waals surface area contributed by atoms with Crippen molar-refractivity contribution in [3.8, 4) is 11.8 Å². The van der Waals surface area contributed by atoms with Crippen LogP contribution in [0.2, 0.25) is 0 Å². The number of nitrogens with one attached hydrogen (secondary N) is 2. The molecule has 1 amide bonds. The third-order valence-corrected chi connectivity index (χ3v) is 6.89. The van der Waals surface area contributed by atoms with E-state index < -0.39 is 11.9 Å². The molecule has 0 saturated heterocycles. The first-order valence-corrected chi connectivity index (χ1v) is 12.6. The molecule has 0 aliphatic carbocycles. The topological polar surface area (TPSA) is 100 Å². The number of nitriles is 1. The lowest BCUT2D eigenvalue weighted by atomic mass is 9.82. The number of amides is 1. The zero-order valence-corrected chi connectivity index (χ0v) is 22.3. The van der Waals surface area contributed by atoms with Crippen LogP contribution >= 0.6 is 11.8 Å². The van der Waals surface area contributed by atoms with Crippen LogP contribution in [0.4, 0.5) is 5.69 Å². The van der Waals surface area contributed by atoms with Gasteiger partial charge in [0.2, 0.25) is 5.91 Å². The summed E-state index contributed by atoms with van der Waals surface area (Å²) in [6, 6.07) is 13.7. The molecule has 1 heterocycles. The predicted molar refractivity (Wildman–Crippen MR) is 143 cm³/mol. The van der Waals surface area contributed by atoms with Gasteiger partial charge in [0.1, 0.15) is 5.75 Å². The largest absolute Gasteiger partial charge is 0.494 e. The molecule has 2 aromatic carbocycles. The Balaban J connectivity index is 1.95. The summed E-state index contributed by atoms with van der Waals surface area (Å²) in [5, 5.41) is 16.9. The summed E-state index contributed by atoms with van der Waals surface area (Å²) < 4.78 is 10.9. The lowest BCUT2D eigenvalue weighted by molar-refractivity contribution is -0.136. The Hall–Kier alpha value is -3.70. The van der Waals surface area contributed by atoms with Gasteiger partial charge in [0.25, 0.3) is 0 Å². The molecule has 7 nitrogen and oxygen atoms in total. The van der Waals surface area contributed by atoms with Gasteiger partial charge in [-0.1, -0.05) is 47.7 Å². The molecule has 36 heavy (non-hydrogen) atoms. The highest BCUT2D eigenvalue weighted by molar-refractivity contribution is 8.03. The van der Waals surface area contributed by atoms with Gasteiger partial charge in [0.15, 0.2) is 0 Å². The average Bonchev–Trinajstić information content (AvgIpc) is 2.84. The monoisotopic (exact) mass is 505 g/mol. The third kappa shape index (κ3) is 5.74. The second kappa shape index (κ2) is 11.8. The number of ether oxygens (including phenoxy) is 2. The van der Waals surface area contributed by atoms with Crippen LogP contribution in [0, 0.1) is 32.1 Å². The number of anilines is 1. The van der Waals surface area contributed by atoms with Gasteiger partial charge in [-0.3, -0.25) is 4.79 Å². The van der Waals surface area contributed by atoms with E-state index in [-0.39, 0.29) is 11.7 Å². The molecule has 188 valence electrons. The molecular weight excluding hydrogens is 474 g/mol. The van der Waals surface area contributed by atoms with Crippen LogP contribution < -0.4 is 15.4 Å². The molecule has 1 atom stereocenters. The number of aryl methyl sites for hydroxylation is 3. The van der Waals surface area contributed by atoms with Gasteiger partial charge >= 0.3 is 5.97 Å². The Kier molecular flexibility index (Phi) is 8.83. The smallest absolute Gasteiger partial charge is 0.336 e. The zero-order valence-electron chi connectivity index (χ0n) is 21.4. The van der Waals surface area contributed by atoms with Crippen molar-refractivity contribution < 1.29 is 19.1 Å². The highest BCUT2D eigenvalue weighted by atomic mass is 32.2. The van der Waals surface area contributed by atoms with Crippen molar-refractivity contribution in [3.05, 3.63) is 80.5 Å². The van der Waals surface area contributed by atoms with Crippen LogP contribution in [0.1, 0.15) is 42.0 Å². The normalized spacial score (nSPS) is 15.2. The Bertz CT molecular complexity index is 1270. The number of esters is 1. The van der Waals surface area contributed by atoms with Crippen molar-refractivity contribution in [1.82, 2.24) is 5.32 Å². The first kappa shape index (κ1) is 26.9. The fourth-order valence-electron chi connectivity index (χ4n) is 4.41. The van der Waals surface area contributed by atoms with Crippen molar-refractivity contribution in [2.45, 2.75) is 40.5 Å². The van der Waals surface area contributed by atoms with Crippen LogP contribution in [0.5, 0.6) is 5.75 Å². The molecule has 3 rings (SSSR count). The fraction of sp³-hybridized carbons (Fsp3) is 0.321. The summed E-state index contributed by atoms with van der Waals surface area (Å²) in [6.45, 7) is 10.0. The Morgan fingerprint density at radius 1 is 1.14 bits per heavy atom. The van der Waals surface area contributed by atoms with E-state index in [1.807, 2.05) is 64.1 Å². The quantitative estimate of drug-likeness (QED) is 0.473. The molecular formula is C28H31N3O4S. The van der Waals surface area contributed by atoms with E-state index >= 15 is 0 Å². The Morgan fingerprint density at radius 2 is 1.81 bits per heavy atom. The van der Waals surface area contributed by atoms with E-state index in [1.165, 1.54) is 18.9 Å². The maximum atomic E-state index is 12.9. The zero-order chi connectivity index (χ0) is 26.4. The lowest BCUT2D eigenvalue weighted by Gasteiger charge is -2.30. The number of thioether (sulfide) groups is 1. The summed E-state index contributed by atoms with van der Waals surface area (Å²) >= 11 is 1.22. The van der Waals surface area contributed by atoms with Crippen molar-refractivity contribution in [2.24, 2.45) is 0 Å². The minimum absolute atomic E-state index is 0.0843. The molecule has 0 fully saturated rings. The van der Waals surface area contributed by atoms with Crippen molar-refractivity contribution in [1.29, 1.82) is 5.26 Å². The van der Waals surface area contributed by atoms with Gasteiger partial charge in [-0.25, -0.2) is 4.79 Å². The number of dihydropyridines is 1. The van der Waals surface area contributed by atoms with Gasteiger partial charge in [-0.05, 0) is 51.8 Å². The number of para-hydroxylation sites is 1. The lowest BCUT2D eigenvalue weighted by Crippen LogP contribution is -2.29. The molecule has 0 bridgehead atoms. The maximum absolute atomic E-state index is 12.9. The number of methoxy groups -OCH3 is 1. The van der Waals surface area contributed by atoms with Crippen LogP contribution in [0.25, 0.3) is 0 Å². The summed E-state index contributed by atoms with van der Waals surface area (Å²) in [5.41, 5.74) is 5.82. The number of nitrogens with zero attached hydrogens (tertiary/aromatic N) is 1. The van der Waals surface area contributed by atoms with Crippen LogP contribution in [0.15, 0.2) is 58.3 Å². The number of allylic oxidation sites excluding steroid dienone is 2. The average molecular weight is 506 g/mol. The first-order chi connectivity index (χ1) is 17.2. The predicted octanol–water partition coefficient (Wildman–Crippen LogP) is 5.25. The summed E-state index contributed by atoms with van der Waals surface area (Å²) in [4.78, 5) is 25.7. The van der Waals surface area contributed by atoms with Crippen LogP contribution in [-0.4, -0.2) is 31.3 Å². The van der Waals surface area contributed by atoms with E-state index in [1.54, 1.807) is 6.92 Å². The number of hydrogen-bond donors (Lipinski definition) is 2. The highest BCUT2D eigenvalue weighted by Gasteiger charge is 2.37. The van der Waals surface area contributed by atoms with Crippen molar-refractivity contribution in [3.63, 3.8) is 0 Å². The second-order valence-corrected chi connectivity index (χ2v) is 9.51. The molecule has 0 spiro atoms. The second-order valence-electron chi connectivity index (χ2n) is 8.52. The van der Waals surface area contributed by atoms with Gasteiger partial charge in [-0.2, -0.15) is 5.26 Å². The number of carbonyl (C=O) groups is 2. The third-order valence-electron chi connectivity index (χ3n) is 5.87. The molecule has 2 N–H and O–H groups in total. The summed E-state index contributed by atoms with van der Waals surface area (Å²) in [7, 11) is 1.31. The minimum Gasteiger partial charge on any atom is -0.494 e. The van der Waals surface area contributed by atoms with E-state index in [0.717, 1.165) is 22.4 Å². The molecule has 8 heteroatoms. The number of benzene rings is 2. The molecule has 0 saturated carbocycles. The molecule has 0 aromatic heterocycles. The van der Waals surface area contributed by atoms with Gasteiger partial charge < -0.3 is 20.1 Å². The van der Waals surface area contributed by atoms with Crippen molar-refractivity contribution in [2.75, 3.05) is 24.8 Å². The fourth-order valence-corrected chi connectivity index (χ4v) is 5.31. The van der Waals surface area contributed by atoms with Crippen LogP contribution in [0.3, 0.4) is 0 Å². The SMILES string of the molecule is CCOc1ccccc1[C@@H]1C(C#N)=C(SCC(=O)Nc2c(C)cc(C)cc2C)NC(C)=C1C(=O)OC. The van der Waals surface area contributed by atoms with Gasteiger partial charge in [-0.15, -0.1) is 0 Å². The van der Waals surface area contributed by atoms with Crippen molar-refractivity contribution >= 4 is 29.3 Å². The number of hydrogen-bond acceptors (Lipinski definition) is 7. The molecule has 2 aromatic rings. The highest BCUT2D eigenvalue weighted by Crippen LogP contribution is 2.44. The Morgan fingerprint density at radius 3 is 2.42 bits per heavy atom. The maximum Gasteiger partial charge on any atom is 0.336 e. The molecule has 0 radical (unpaired) electrons. The van der Waals surface area contributed by atoms with Gasteiger partial charge in [0.05, 0.1) is 47.6 Å². The molecule has 0 unspecified atom stereocenters. The van der Waals surface area contributed by atoms with E-state index in [9.17, 15) is 14.9 Å². The van der Waals surface area contributed by atoms with Crippen LogP contribution in [-0.2, 0) is 14.3 Å². The standard InChI is InChI=1S/C28H31N3O4S/c1-7-35-22-11-9-8-10-20(22)25-21(14-29)27(30-19(5)24(25)28(33)34-6)36-15-23(32)31-26-17(3)12-16(2)13-18(26)4/h8-13,25,30H,7,15H2,1-6H3,(H,31,32)/t25-/m1/s1. The van der Waals surface area contributed by atoms with E-state index in [2.05, 4.69) is 16.7 Å². The molecule has 1 aliphatic heterocycles. The summed E-state index contributed by atoms with van der Waals surface area (Å²) in [5.74, 6) is -0.745. The van der Waals surface area contributed by atoms with E-state index in [0.29, 0.717) is 39.8 Å². The first-order valence-electron chi connectivity index (χ1n) is 11.6. The summed E-state index contributed by atoms with van der Waals surface area (Å²) in [6.07, 6.45) is 0. The number of rotatable bonds is 8. The van der Waals surface area contributed by atoms with E-state index in [4.69, 9.17) is 9.47 Å². The Labute approximate surface area is 216 Å². The number of carbonyl (C=O) groups excluding carboxylic acids is 2.